The Bertz CT molecular complexity index is 301. The molecular weight excluding hydrogens is 170 g/mol. The van der Waals surface area contributed by atoms with Gasteiger partial charge < -0.3 is 0 Å². The number of carbonyl (C=O) groups excluding carboxylic acids is 1. The number of aromatic nitrogens is 1. The number of nitrogens with zero attached hydrogens (tertiary/aromatic N) is 1. The normalized spacial score (nSPS) is 9.08. The van der Waals surface area contributed by atoms with Crippen molar-refractivity contribution >= 4 is 11.8 Å². The number of pyridine rings is 1. The predicted molar refractivity (Wildman–Crippen MR) is 47.1 cm³/mol. The average molecular weight is 182 g/mol. The monoisotopic (exact) mass is 182 g/mol. The Morgan fingerprint density at radius 1 is 1.54 bits per heavy atom. The summed E-state index contributed by atoms with van der Waals surface area (Å²) in [6, 6.07) is 5.05. The molecule has 0 bridgehead atoms. The first-order valence-electron chi connectivity index (χ1n) is 3.71. The molecule has 0 fully saturated rings. The van der Waals surface area contributed by atoms with E-state index in [1.165, 1.54) is 0 Å². The third-order valence-electron chi connectivity index (χ3n) is 1.49. The predicted octanol–water partition coefficient (Wildman–Crippen LogP) is -0.989. The van der Waals surface area contributed by atoms with E-state index in [0.29, 0.717) is 0 Å². The third-order valence-corrected chi connectivity index (χ3v) is 1.49. The third kappa shape index (κ3) is 2.60. The number of urea groups is 1. The average Bonchev–Trinajstić information content (AvgIpc) is 2.16. The van der Waals surface area contributed by atoms with Gasteiger partial charge in [-0.1, -0.05) is 6.07 Å². The van der Waals surface area contributed by atoms with Crippen molar-refractivity contribution in [3.05, 3.63) is 24.4 Å². The summed E-state index contributed by atoms with van der Waals surface area (Å²) in [4.78, 5) is 10.7. The number of anilines is 1. The van der Waals surface area contributed by atoms with Gasteiger partial charge in [-0.05, 0) is 6.07 Å². The van der Waals surface area contributed by atoms with Gasteiger partial charge in [0, 0.05) is 6.07 Å². The van der Waals surface area contributed by atoms with Gasteiger partial charge in [0.2, 0.25) is 0 Å². The largest absolute Gasteiger partial charge is 0.364 e. The quantitative estimate of drug-likeness (QED) is 0.205. The van der Waals surface area contributed by atoms with Gasteiger partial charge >= 0.3 is 6.03 Å². The number of hydrogen-bond acceptors (Lipinski definition) is 3. The first-order valence-corrected chi connectivity index (χ1v) is 3.71. The fourth-order valence-electron chi connectivity index (χ4n) is 0.810. The van der Waals surface area contributed by atoms with Crippen LogP contribution in [0.1, 0.15) is 0 Å². The fourth-order valence-corrected chi connectivity index (χ4v) is 0.810. The topological polar surface area (TPSA) is 83.1 Å². The number of nitrogens with one attached hydrogen (secondary N) is 3. The van der Waals surface area contributed by atoms with E-state index < -0.39 is 6.03 Å². The summed E-state index contributed by atoms with van der Waals surface area (Å²) in [5.74, 6) is 5.62. The summed E-state index contributed by atoms with van der Waals surface area (Å²) in [5, 5.41) is 0. The van der Waals surface area contributed by atoms with Crippen molar-refractivity contribution in [1.82, 2.24) is 10.9 Å². The minimum atomic E-state index is -0.496. The van der Waals surface area contributed by atoms with Crippen molar-refractivity contribution in [1.29, 1.82) is 0 Å². The Hall–Kier alpha value is -1.82. The van der Waals surface area contributed by atoms with Crippen LogP contribution in [0, 0.1) is 0 Å². The van der Waals surface area contributed by atoms with Gasteiger partial charge in [-0.15, -0.1) is 0 Å². The molecule has 6 nitrogen and oxygen atoms in total. The molecular formula is C7H12N5O+. The van der Waals surface area contributed by atoms with E-state index in [1.807, 2.05) is 41.4 Å². The molecule has 0 unspecified atom stereocenters. The molecule has 0 spiro atoms. The number of carbonyl (C=O) groups is 1. The lowest BCUT2D eigenvalue weighted by atomic mass is 10.4. The van der Waals surface area contributed by atoms with E-state index in [2.05, 4.69) is 10.9 Å². The van der Waals surface area contributed by atoms with Gasteiger partial charge in [-0.3, -0.25) is 5.43 Å². The SMILES string of the molecule is C[n+]1ccccc1NNC(=O)NN. The van der Waals surface area contributed by atoms with Crippen LogP contribution in [0.2, 0.25) is 0 Å². The molecule has 70 valence electrons. The zero-order valence-electron chi connectivity index (χ0n) is 7.24. The highest BCUT2D eigenvalue weighted by atomic mass is 16.2. The molecule has 0 aromatic carbocycles. The van der Waals surface area contributed by atoms with Crippen molar-refractivity contribution in [2.24, 2.45) is 12.9 Å². The lowest BCUT2D eigenvalue weighted by molar-refractivity contribution is -0.657. The van der Waals surface area contributed by atoms with Gasteiger partial charge in [0.1, 0.15) is 0 Å². The summed E-state index contributed by atoms with van der Waals surface area (Å²) in [5.41, 5.74) is 6.96. The summed E-state index contributed by atoms with van der Waals surface area (Å²) < 4.78 is 1.82. The van der Waals surface area contributed by atoms with E-state index in [1.54, 1.807) is 0 Å². The van der Waals surface area contributed by atoms with Crippen LogP contribution in [-0.4, -0.2) is 6.03 Å². The number of hydrogen-bond donors (Lipinski definition) is 4. The summed E-state index contributed by atoms with van der Waals surface area (Å²) in [6.07, 6.45) is 1.85. The van der Waals surface area contributed by atoms with Crippen molar-refractivity contribution in [3.8, 4) is 0 Å². The molecule has 0 aliphatic heterocycles. The first-order chi connectivity index (χ1) is 6.24. The van der Waals surface area contributed by atoms with Crippen molar-refractivity contribution in [2.75, 3.05) is 5.43 Å². The highest BCUT2D eigenvalue weighted by Crippen LogP contribution is 1.93. The maximum atomic E-state index is 10.7. The number of amides is 2. The molecule has 6 heteroatoms. The van der Waals surface area contributed by atoms with Gasteiger partial charge in [-0.25, -0.2) is 15.2 Å². The van der Waals surface area contributed by atoms with Crippen molar-refractivity contribution in [3.63, 3.8) is 0 Å². The maximum absolute atomic E-state index is 10.7. The number of hydrazine groups is 2. The minimum absolute atomic E-state index is 0.496. The second-order valence-corrected chi connectivity index (χ2v) is 2.42. The molecule has 2 amide bonds. The van der Waals surface area contributed by atoms with Crippen LogP contribution in [0.15, 0.2) is 24.4 Å². The highest BCUT2D eigenvalue weighted by molar-refractivity contribution is 5.74. The zero-order chi connectivity index (χ0) is 9.68. The Morgan fingerprint density at radius 2 is 2.31 bits per heavy atom. The summed E-state index contributed by atoms with van der Waals surface area (Å²) >= 11 is 0. The minimum Gasteiger partial charge on any atom is -0.273 e. The Morgan fingerprint density at radius 3 is 2.92 bits per heavy atom. The van der Waals surface area contributed by atoms with E-state index >= 15 is 0 Å². The smallest absolute Gasteiger partial charge is 0.273 e. The molecule has 0 saturated heterocycles. The molecule has 0 aliphatic rings. The van der Waals surface area contributed by atoms with Gasteiger partial charge in [0.15, 0.2) is 0 Å². The second kappa shape index (κ2) is 4.27. The number of aryl methyl sites for hydroxylation is 1. The lowest BCUT2D eigenvalue weighted by Crippen LogP contribution is -2.45. The highest BCUT2D eigenvalue weighted by Gasteiger charge is 2.04. The van der Waals surface area contributed by atoms with Crippen LogP contribution >= 0.6 is 0 Å². The van der Waals surface area contributed by atoms with Crippen LogP contribution < -0.4 is 26.7 Å². The number of nitrogens with two attached hydrogens (primary N) is 1. The van der Waals surface area contributed by atoms with Gasteiger partial charge in [0.05, 0.1) is 13.2 Å². The van der Waals surface area contributed by atoms with Gasteiger partial charge in [-0.2, -0.15) is 10.9 Å². The van der Waals surface area contributed by atoms with E-state index in [-0.39, 0.29) is 0 Å². The molecule has 5 N–H and O–H groups in total. The summed E-state index contributed by atoms with van der Waals surface area (Å²) in [7, 11) is 1.85. The fraction of sp³-hybridized carbons (Fsp3) is 0.143. The molecule has 0 atom stereocenters. The Kier molecular flexibility index (Phi) is 3.04. The van der Waals surface area contributed by atoms with Crippen molar-refractivity contribution < 1.29 is 9.36 Å². The molecule has 0 saturated carbocycles. The number of rotatable bonds is 2. The van der Waals surface area contributed by atoms with Crippen LogP contribution in [0.25, 0.3) is 0 Å². The van der Waals surface area contributed by atoms with E-state index in [9.17, 15) is 4.79 Å². The zero-order valence-corrected chi connectivity index (χ0v) is 7.24. The molecule has 1 aromatic heterocycles. The van der Waals surface area contributed by atoms with Crippen LogP contribution in [0.5, 0.6) is 0 Å². The molecule has 1 aromatic rings. The molecule has 1 rings (SSSR count). The van der Waals surface area contributed by atoms with Gasteiger partial charge in [0.25, 0.3) is 5.82 Å². The molecule has 0 aliphatic carbocycles. The summed E-state index contributed by atoms with van der Waals surface area (Å²) in [6.45, 7) is 0. The molecule has 0 radical (unpaired) electrons. The standard InChI is InChI=1S/C7H11N5O/c1-12-5-3-2-4-6(12)10-11-7(13)9-8/h2-5H,8H2,1H3,(H2,9,11,13)/p+1. The second-order valence-electron chi connectivity index (χ2n) is 2.42. The molecule has 13 heavy (non-hydrogen) atoms. The Labute approximate surface area is 75.7 Å². The van der Waals surface area contributed by atoms with Crippen LogP contribution in [-0.2, 0) is 7.05 Å². The molecule has 1 heterocycles. The van der Waals surface area contributed by atoms with E-state index in [0.717, 1.165) is 5.82 Å². The Balaban J connectivity index is 2.54. The maximum Gasteiger partial charge on any atom is 0.364 e. The first kappa shape index (κ1) is 9.27. The van der Waals surface area contributed by atoms with Crippen molar-refractivity contribution in [2.45, 2.75) is 0 Å². The van der Waals surface area contributed by atoms with Crippen LogP contribution in [0.4, 0.5) is 10.6 Å². The van der Waals surface area contributed by atoms with Crippen LogP contribution in [0.3, 0.4) is 0 Å². The lowest BCUT2D eigenvalue weighted by Gasteiger charge is -2.02. The van der Waals surface area contributed by atoms with E-state index in [4.69, 9.17) is 5.84 Å².